The summed E-state index contributed by atoms with van der Waals surface area (Å²) in [5.41, 5.74) is 0. The summed E-state index contributed by atoms with van der Waals surface area (Å²) in [6.07, 6.45) is 4.83. The van der Waals surface area contributed by atoms with E-state index in [0.717, 1.165) is 6.42 Å². The number of hydrogen-bond donors (Lipinski definition) is 1. The number of rotatable bonds is 5. The van der Waals surface area contributed by atoms with Crippen molar-refractivity contribution in [2.45, 2.75) is 39.5 Å². The first-order valence-electron chi connectivity index (χ1n) is 7.29. The first kappa shape index (κ1) is 25.6. The van der Waals surface area contributed by atoms with E-state index in [0.29, 0.717) is 12.5 Å². The molecule has 1 atom stereocenters. The topological polar surface area (TPSA) is 20.2 Å². The largest absolute Gasteiger partial charge is 3.00 e. The molecule has 0 aromatic heterocycles. The maximum absolute atomic E-state index is 8.75. The van der Waals surface area contributed by atoms with Gasteiger partial charge in [-0.3, -0.25) is 0 Å². The maximum Gasteiger partial charge on any atom is 3.00 e. The molecule has 1 unspecified atom stereocenters. The van der Waals surface area contributed by atoms with Gasteiger partial charge in [-0.05, 0) is 12.3 Å². The minimum Gasteiger partial charge on any atom is -1.00 e. The van der Waals surface area contributed by atoms with Crippen molar-refractivity contribution < 1.29 is 39.2 Å². The van der Waals surface area contributed by atoms with Crippen molar-refractivity contribution in [3.8, 4) is 0 Å². The van der Waals surface area contributed by atoms with Crippen molar-refractivity contribution in [3.05, 3.63) is 60.7 Å². The number of aliphatic hydroxyl groups excluding tert-OH is 1. The molecular weight excluding hydrogens is 316 g/mol. The first-order valence-corrected chi connectivity index (χ1v) is 7.29. The van der Waals surface area contributed by atoms with E-state index in [4.69, 9.17) is 5.11 Å². The van der Waals surface area contributed by atoms with Crippen LogP contribution in [0.15, 0.2) is 60.7 Å². The molecule has 0 aliphatic rings. The van der Waals surface area contributed by atoms with E-state index < -0.39 is 0 Å². The first-order chi connectivity index (χ1) is 9.35. The summed E-state index contributed by atoms with van der Waals surface area (Å²) in [5, 5.41) is 8.75. The fourth-order valence-corrected chi connectivity index (χ4v) is 1.56. The summed E-state index contributed by atoms with van der Waals surface area (Å²) < 4.78 is 0. The zero-order valence-corrected chi connectivity index (χ0v) is 15.5. The summed E-state index contributed by atoms with van der Waals surface area (Å²) in [6.45, 7) is 4.69. The fourth-order valence-electron chi connectivity index (χ4n) is 1.56. The Kier molecular flexibility index (Phi) is 26.8. The second kappa shape index (κ2) is 22.0. The second-order valence-corrected chi connectivity index (χ2v) is 4.52. The van der Waals surface area contributed by atoms with Gasteiger partial charge in [-0.25, -0.2) is 24.3 Å². The van der Waals surface area contributed by atoms with Crippen LogP contribution in [0, 0.1) is 5.92 Å². The van der Waals surface area contributed by atoms with E-state index in [2.05, 4.69) is 13.8 Å². The van der Waals surface area contributed by atoms with Gasteiger partial charge in [0.25, 0.3) is 0 Å². The van der Waals surface area contributed by atoms with Gasteiger partial charge in [-0.2, -0.15) is 36.4 Å². The molecule has 117 valence electrons. The second-order valence-electron chi connectivity index (χ2n) is 4.52. The fraction of sp³-hybridized carbons (Fsp3) is 0.444. The van der Waals surface area contributed by atoms with Gasteiger partial charge in [0.05, 0.1) is 0 Å². The monoisotopic (exact) mass is 343 g/mol. The number of hydrogen-bond acceptors (Lipinski definition) is 1. The number of aliphatic hydroxyl groups is 1. The van der Waals surface area contributed by atoms with Crippen molar-refractivity contribution >= 4 is 0 Å². The Balaban J connectivity index is -0.000000232. The van der Waals surface area contributed by atoms with E-state index in [9.17, 15) is 0 Å². The average Bonchev–Trinajstić information content (AvgIpc) is 3.18. The molecule has 1 N–H and O–H groups in total. The van der Waals surface area contributed by atoms with Crippen LogP contribution in [0.4, 0.5) is 0 Å². The Hall–Kier alpha value is -0.336. The summed E-state index contributed by atoms with van der Waals surface area (Å²) in [4.78, 5) is 0. The summed E-state index contributed by atoms with van der Waals surface area (Å²) in [5.74, 6) is 0.560. The van der Waals surface area contributed by atoms with Gasteiger partial charge in [0.15, 0.2) is 0 Å². The third-order valence-electron chi connectivity index (χ3n) is 2.91. The quantitative estimate of drug-likeness (QED) is 0.650. The van der Waals surface area contributed by atoms with Crippen LogP contribution in [0.1, 0.15) is 39.5 Å². The molecule has 21 heavy (non-hydrogen) atoms. The minimum absolute atomic E-state index is 0. The van der Waals surface area contributed by atoms with E-state index in [1.54, 1.807) is 0 Å². The standard InChI is InChI=1S/C8H18O.2C5H5.ClH.Ti/c1-3-5-6-8(4-2)7-9;2*1-2-4-5-3-1;;/h8-9H,3-7H2,1-2H3;2*1-5H;1H;/q;2*-1;;+3/p-1. The summed E-state index contributed by atoms with van der Waals surface area (Å²) in [6, 6.07) is 20.0. The molecule has 2 rings (SSSR count). The van der Waals surface area contributed by atoms with Crippen molar-refractivity contribution in [2.24, 2.45) is 5.92 Å². The molecule has 0 amide bonds. The number of halogens is 1. The zero-order valence-electron chi connectivity index (χ0n) is 13.2. The van der Waals surface area contributed by atoms with E-state index in [1.165, 1.54) is 19.3 Å². The molecule has 0 bridgehead atoms. The number of unbranched alkanes of at least 4 members (excludes halogenated alkanes) is 1. The molecule has 2 aromatic carbocycles. The third-order valence-corrected chi connectivity index (χ3v) is 2.91. The molecule has 3 heteroatoms. The molecule has 2 aromatic rings. The van der Waals surface area contributed by atoms with Crippen LogP contribution in [0.3, 0.4) is 0 Å². The van der Waals surface area contributed by atoms with Crippen LogP contribution in [-0.2, 0) is 21.7 Å². The van der Waals surface area contributed by atoms with Gasteiger partial charge in [0, 0.05) is 6.61 Å². The Bertz CT molecular complexity index is 254. The van der Waals surface area contributed by atoms with Crippen LogP contribution in [0.5, 0.6) is 0 Å². The normalized spacial score (nSPS) is 9.67. The molecule has 0 saturated heterocycles. The van der Waals surface area contributed by atoms with E-state index in [-0.39, 0.29) is 34.1 Å². The molecule has 0 fully saturated rings. The van der Waals surface area contributed by atoms with E-state index >= 15 is 0 Å². The van der Waals surface area contributed by atoms with Crippen molar-refractivity contribution in [1.82, 2.24) is 0 Å². The van der Waals surface area contributed by atoms with Gasteiger partial charge in [0.2, 0.25) is 0 Å². The predicted octanol–water partition coefficient (Wildman–Crippen LogP) is 2.01. The van der Waals surface area contributed by atoms with Gasteiger partial charge < -0.3 is 17.5 Å². The maximum atomic E-state index is 8.75. The van der Waals surface area contributed by atoms with Crippen LogP contribution in [0.25, 0.3) is 0 Å². The van der Waals surface area contributed by atoms with Crippen molar-refractivity contribution in [3.63, 3.8) is 0 Å². The molecular formula is C18H28ClOTi. The Morgan fingerprint density at radius 1 is 0.905 bits per heavy atom. The smallest absolute Gasteiger partial charge is 1.00 e. The molecule has 1 nitrogen and oxygen atoms in total. The third kappa shape index (κ3) is 19.7. The van der Waals surface area contributed by atoms with E-state index in [1.807, 2.05) is 60.7 Å². The predicted molar refractivity (Wildman–Crippen MR) is 84.5 cm³/mol. The Morgan fingerprint density at radius 3 is 1.52 bits per heavy atom. The zero-order chi connectivity index (χ0) is 14.2. The van der Waals surface area contributed by atoms with Crippen LogP contribution in [-0.4, -0.2) is 11.7 Å². The Labute approximate surface area is 151 Å². The molecule has 0 saturated carbocycles. The SMILES string of the molecule is CCCCC(CC)CO.[Cl-].[Ti+3].c1cc[cH-]c1.c1cc[cH-]c1. The molecule has 0 aliphatic heterocycles. The van der Waals surface area contributed by atoms with Crippen molar-refractivity contribution in [1.29, 1.82) is 0 Å². The van der Waals surface area contributed by atoms with Gasteiger partial charge in [-0.15, -0.1) is 0 Å². The van der Waals surface area contributed by atoms with Gasteiger partial charge >= 0.3 is 21.7 Å². The molecule has 0 aliphatic carbocycles. The van der Waals surface area contributed by atoms with Crippen LogP contribution in [0.2, 0.25) is 0 Å². The molecule has 1 radical (unpaired) electrons. The van der Waals surface area contributed by atoms with Crippen LogP contribution >= 0.6 is 0 Å². The summed E-state index contributed by atoms with van der Waals surface area (Å²) in [7, 11) is 0. The van der Waals surface area contributed by atoms with Gasteiger partial charge in [-0.1, -0.05) is 33.1 Å². The van der Waals surface area contributed by atoms with Gasteiger partial charge in [0.1, 0.15) is 0 Å². The minimum atomic E-state index is 0. The molecule has 0 heterocycles. The van der Waals surface area contributed by atoms with Crippen molar-refractivity contribution in [2.75, 3.05) is 6.61 Å². The summed E-state index contributed by atoms with van der Waals surface area (Å²) >= 11 is 0. The van der Waals surface area contributed by atoms with Crippen LogP contribution < -0.4 is 12.4 Å². The molecule has 0 spiro atoms. The average molecular weight is 344 g/mol. The Morgan fingerprint density at radius 2 is 1.33 bits per heavy atom.